The Morgan fingerprint density at radius 2 is 2.23 bits per heavy atom. The van der Waals surface area contributed by atoms with Gasteiger partial charge in [-0.05, 0) is 33.1 Å². The lowest BCUT2D eigenvalue weighted by atomic mass is 10.0. The second-order valence-corrected chi connectivity index (χ2v) is 3.85. The summed E-state index contributed by atoms with van der Waals surface area (Å²) in [5.74, 6) is 0. The van der Waals surface area contributed by atoms with Gasteiger partial charge < -0.3 is 14.6 Å². The van der Waals surface area contributed by atoms with Crippen molar-refractivity contribution in [2.24, 2.45) is 0 Å². The minimum Gasteiger partial charge on any atom is -0.388 e. The van der Waals surface area contributed by atoms with Gasteiger partial charge in [0.15, 0.2) is 0 Å². The standard InChI is InChI=1S/C10H20O3/c1-8(2)13-7-9(11)10-5-3-4-6-12-10/h8-11H,3-7H2,1-2H3. The summed E-state index contributed by atoms with van der Waals surface area (Å²) in [5.41, 5.74) is 0. The molecule has 2 atom stereocenters. The molecule has 13 heavy (non-hydrogen) atoms. The molecule has 3 heteroatoms. The van der Waals surface area contributed by atoms with E-state index in [4.69, 9.17) is 9.47 Å². The Balaban J connectivity index is 2.17. The van der Waals surface area contributed by atoms with Crippen LogP contribution in [0.3, 0.4) is 0 Å². The second-order valence-electron chi connectivity index (χ2n) is 3.85. The molecule has 1 fully saturated rings. The van der Waals surface area contributed by atoms with Gasteiger partial charge in [-0.3, -0.25) is 0 Å². The van der Waals surface area contributed by atoms with Crippen molar-refractivity contribution >= 4 is 0 Å². The third-order valence-electron chi connectivity index (χ3n) is 2.24. The number of hydrogen-bond donors (Lipinski definition) is 1. The summed E-state index contributed by atoms with van der Waals surface area (Å²) in [4.78, 5) is 0. The number of rotatable bonds is 4. The molecule has 1 N–H and O–H groups in total. The lowest BCUT2D eigenvalue weighted by Gasteiger charge is -2.27. The first-order valence-corrected chi connectivity index (χ1v) is 5.11. The predicted molar refractivity (Wildman–Crippen MR) is 50.7 cm³/mol. The average molecular weight is 188 g/mol. The monoisotopic (exact) mass is 188 g/mol. The molecule has 0 aromatic carbocycles. The van der Waals surface area contributed by atoms with Crippen LogP contribution in [0.1, 0.15) is 33.1 Å². The van der Waals surface area contributed by atoms with Crippen LogP contribution in [-0.4, -0.2) is 36.6 Å². The van der Waals surface area contributed by atoms with Crippen molar-refractivity contribution in [1.29, 1.82) is 0 Å². The van der Waals surface area contributed by atoms with Crippen LogP contribution in [-0.2, 0) is 9.47 Å². The summed E-state index contributed by atoms with van der Waals surface area (Å²) in [6.07, 6.45) is 2.95. The first-order valence-electron chi connectivity index (χ1n) is 5.11. The van der Waals surface area contributed by atoms with Crippen molar-refractivity contribution < 1.29 is 14.6 Å². The molecule has 1 aliphatic rings. The van der Waals surface area contributed by atoms with Crippen molar-refractivity contribution in [3.8, 4) is 0 Å². The molecule has 0 saturated carbocycles. The number of aliphatic hydroxyl groups is 1. The second kappa shape index (κ2) is 5.58. The highest BCUT2D eigenvalue weighted by atomic mass is 16.5. The topological polar surface area (TPSA) is 38.7 Å². The van der Waals surface area contributed by atoms with E-state index in [9.17, 15) is 5.11 Å². The van der Waals surface area contributed by atoms with Gasteiger partial charge in [0.05, 0.1) is 18.8 Å². The third kappa shape index (κ3) is 4.07. The Hall–Kier alpha value is -0.120. The van der Waals surface area contributed by atoms with E-state index in [-0.39, 0.29) is 12.2 Å². The van der Waals surface area contributed by atoms with E-state index in [1.54, 1.807) is 0 Å². The molecule has 0 aliphatic carbocycles. The van der Waals surface area contributed by atoms with Gasteiger partial charge in [0.25, 0.3) is 0 Å². The van der Waals surface area contributed by atoms with E-state index in [1.165, 1.54) is 0 Å². The van der Waals surface area contributed by atoms with E-state index >= 15 is 0 Å². The number of aliphatic hydroxyl groups excluding tert-OH is 1. The molecule has 0 bridgehead atoms. The lowest BCUT2D eigenvalue weighted by Crippen LogP contribution is -2.36. The maximum Gasteiger partial charge on any atom is 0.103 e. The quantitative estimate of drug-likeness (QED) is 0.723. The molecule has 1 saturated heterocycles. The van der Waals surface area contributed by atoms with Gasteiger partial charge in [-0.2, -0.15) is 0 Å². The zero-order valence-electron chi connectivity index (χ0n) is 8.53. The first kappa shape index (κ1) is 11.0. The van der Waals surface area contributed by atoms with Crippen LogP contribution in [0.2, 0.25) is 0 Å². The fourth-order valence-corrected chi connectivity index (χ4v) is 1.47. The summed E-state index contributed by atoms with van der Waals surface area (Å²) < 4.78 is 10.8. The van der Waals surface area contributed by atoms with E-state index in [0.717, 1.165) is 25.9 Å². The SMILES string of the molecule is CC(C)OCC(O)C1CCCCO1. The molecule has 1 aliphatic heterocycles. The summed E-state index contributed by atoms with van der Waals surface area (Å²) in [6, 6.07) is 0. The molecule has 3 nitrogen and oxygen atoms in total. The van der Waals surface area contributed by atoms with Crippen LogP contribution in [0.4, 0.5) is 0 Å². The molecule has 1 rings (SSSR count). The van der Waals surface area contributed by atoms with Crippen LogP contribution in [0.25, 0.3) is 0 Å². The van der Waals surface area contributed by atoms with Gasteiger partial charge in [0, 0.05) is 6.61 Å². The molecule has 0 radical (unpaired) electrons. The Bertz CT molecular complexity index is 130. The highest BCUT2D eigenvalue weighted by molar-refractivity contribution is 4.72. The molecule has 0 amide bonds. The van der Waals surface area contributed by atoms with Crippen molar-refractivity contribution in [3.05, 3.63) is 0 Å². The predicted octanol–water partition coefficient (Wildman–Crippen LogP) is 1.34. The Kier molecular flexibility index (Phi) is 4.70. The fourth-order valence-electron chi connectivity index (χ4n) is 1.47. The summed E-state index contributed by atoms with van der Waals surface area (Å²) >= 11 is 0. The van der Waals surface area contributed by atoms with E-state index in [2.05, 4.69) is 0 Å². The maximum absolute atomic E-state index is 9.67. The van der Waals surface area contributed by atoms with Crippen LogP contribution < -0.4 is 0 Å². The molecule has 0 aromatic rings. The molecule has 0 spiro atoms. The normalized spacial score (nSPS) is 26.3. The zero-order valence-corrected chi connectivity index (χ0v) is 8.53. The van der Waals surface area contributed by atoms with E-state index in [1.807, 2.05) is 13.8 Å². The van der Waals surface area contributed by atoms with Crippen LogP contribution in [0.15, 0.2) is 0 Å². The summed E-state index contributed by atoms with van der Waals surface area (Å²) in [6.45, 7) is 5.11. The van der Waals surface area contributed by atoms with Crippen LogP contribution in [0, 0.1) is 0 Å². The van der Waals surface area contributed by atoms with Crippen molar-refractivity contribution in [2.45, 2.75) is 51.4 Å². The van der Waals surface area contributed by atoms with Gasteiger partial charge >= 0.3 is 0 Å². The van der Waals surface area contributed by atoms with Gasteiger partial charge in [-0.25, -0.2) is 0 Å². The maximum atomic E-state index is 9.67. The van der Waals surface area contributed by atoms with Crippen LogP contribution >= 0.6 is 0 Å². The fraction of sp³-hybridized carbons (Fsp3) is 1.00. The molecule has 0 aromatic heterocycles. The third-order valence-corrected chi connectivity index (χ3v) is 2.24. The van der Waals surface area contributed by atoms with E-state index < -0.39 is 6.10 Å². The van der Waals surface area contributed by atoms with Crippen molar-refractivity contribution in [3.63, 3.8) is 0 Å². The molecular weight excluding hydrogens is 168 g/mol. The van der Waals surface area contributed by atoms with E-state index in [0.29, 0.717) is 6.61 Å². The minimum absolute atomic E-state index is 0.00694. The Morgan fingerprint density at radius 1 is 1.46 bits per heavy atom. The molecule has 78 valence electrons. The van der Waals surface area contributed by atoms with Gasteiger partial charge in [0.2, 0.25) is 0 Å². The Labute approximate surface area is 80.0 Å². The lowest BCUT2D eigenvalue weighted by molar-refractivity contribution is -0.0972. The van der Waals surface area contributed by atoms with Gasteiger partial charge in [0.1, 0.15) is 6.10 Å². The number of hydrogen-bond acceptors (Lipinski definition) is 3. The molecule has 1 heterocycles. The number of ether oxygens (including phenoxy) is 2. The highest BCUT2D eigenvalue weighted by Gasteiger charge is 2.22. The summed E-state index contributed by atoms with van der Waals surface area (Å²) in [5, 5.41) is 9.67. The van der Waals surface area contributed by atoms with Crippen molar-refractivity contribution in [1.82, 2.24) is 0 Å². The summed E-state index contributed by atoms with van der Waals surface area (Å²) in [7, 11) is 0. The molecule has 2 unspecified atom stereocenters. The largest absolute Gasteiger partial charge is 0.388 e. The van der Waals surface area contributed by atoms with Crippen LogP contribution in [0.5, 0.6) is 0 Å². The first-order chi connectivity index (χ1) is 6.20. The molecular formula is C10H20O3. The van der Waals surface area contributed by atoms with Gasteiger partial charge in [-0.15, -0.1) is 0 Å². The minimum atomic E-state index is -0.456. The zero-order chi connectivity index (χ0) is 9.68. The smallest absolute Gasteiger partial charge is 0.103 e. The van der Waals surface area contributed by atoms with Crippen molar-refractivity contribution in [2.75, 3.05) is 13.2 Å². The van der Waals surface area contributed by atoms with Gasteiger partial charge in [-0.1, -0.05) is 0 Å². The Morgan fingerprint density at radius 3 is 2.77 bits per heavy atom. The highest BCUT2D eigenvalue weighted by Crippen LogP contribution is 2.16. The average Bonchev–Trinajstić information content (AvgIpc) is 2.15.